The molecule has 0 aromatic heterocycles. The molecule has 2 aliphatic rings. The average Bonchev–Trinajstić information content (AvgIpc) is 2.87. The standard InChI is InChI=1S/C21H26BNO5S/c1-15(22-27-19(2,3)20(4,5)28-22)21(16-11-7-6-8-12-16)17-13-9-10-14-18(17)26-29(24,25)23-21/h6-15,23H,1-5H3/t15-,21?/m1/s1. The minimum absolute atomic E-state index is 0.304. The quantitative estimate of drug-likeness (QED) is 0.775. The van der Waals surface area contributed by atoms with Crippen LogP contribution >= 0.6 is 0 Å². The van der Waals surface area contributed by atoms with E-state index in [0.717, 1.165) is 11.1 Å². The van der Waals surface area contributed by atoms with Gasteiger partial charge in [-0.25, -0.2) is 0 Å². The first-order valence-corrected chi connectivity index (χ1v) is 11.1. The Bertz CT molecular complexity index is 1010. The zero-order valence-corrected chi connectivity index (χ0v) is 18.1. The highest BCUT2D eigenvalue weighted by Crippen LogP contribution is 2.51. The fraction of sp³-hybridized carbons (Fsp3) is 0.429. The van der Waals surface area contributed by atoms with Gasteiger partial charge in [-0.05, 0) is 39.3 Å². The third-order valence-corrected chi connectivity index (χ3v) is 7.36. The van der Waals surface area contributed by atoms with Gasteiger partial charge in [0, 0.05) is 11.4 Å². The molecule has 1 fully saturated rings. The van der Waals surface area contributed by atoms with Crippen LogP contribution < -0.4 is 8.91 Å². The van der Waals surface area contributed by atoms with Crippen LogP contribution in [0.15, 0.2) is 54.6 Å². The Labute approximate surface area is 173 Å². The van der Waals surface area contributed by atoms with E-state index in [9.17, 15) is 8.42 Å². The van der Waals surface area contributed by atoms with E-state index in [1.54, 1.807) is 12.1 Å². The lowest BCUT2D eigenvalue weighted by atomic mass is 9.58. The molecule has 29 heavy (non-hydrogen) atoms. The van der Waals surface area contributed by atoms with Gasteiger partial charge in [0.1, 0.15) is 5.75 Å². The van der Waals surface area contributed by atoms with E-state index in [-0.39, 0.29) is 0 Å². The van der Waals surface area contributed by atoms with Gasteiger partial charge >= 0.3 is 17.4 Å². The Balaban J connectivity index is 1.93. The molecule has 1 unspecified atom stereocenters. The molecule has 2 heterocycles. The van der Waals surface area contributed by atoms with Gasteiger partial charge in [0.25, 0.3) is 0 Å². The molecule has 2 aromatic rings. The van der Waals surface area contributed by atoms with Crippen molar-refractivity contribution in [1.29, 1.82) is 0 Å². The summed E-state index contributed by atoms with van der Waals surface area (Å²) in [5.74, 6) is -0.0933. The second kappa shape index (κ2) is 6.57. The molecule has 8 heteroatoms. The van der Waals surface area contributed by atoms with Crippen molar-refractivity contribution in [2.75, 3.05) is 0 Å². The van der Waals surface area contributed by atoms with Gasteiger partial charge in [0.15, 0.2) is 0 Å². The molecule has 0 saturated carbocycles. The van der Waals surface area contributed by atoms with Crippen LogP contribution in [0.4, 0.5) is 0 Å². The number of benzene rings is 2. The molecule has 6 nitrogen and oxygen atoms in total. The molecule has 4 rings (SSSR count). The number of hydrogen-bond donors (Lipinski definition) is 1. The van der Waals surface area contributed by atoms with Gasteiger partial charge in [0.05, 0.1) is 16.7 Å². The second-order valence-electron chi connectivity index (χ2n) is 8.72. The Kier molecular flexibility index (Phi) is 4.62. The highest BCUT2D eigenvalue weighted by molar-refractivity contribution is 7.85. The van der Waals surface area contributed by atoms with Crippen molar-refractivity contribution in [3.05, 3.63) is 65.7 Å². The lowest BCUT2D eigenvalue weighted by Crippen LogP contribution is -2.56. The van der Waals surface area contributed by atoms with Crippen LogP contribution in [0.1, 0.15) is 45.7 Å². The molecule has 0 bridgehead atoms. The molecule has 154 valence electrons. The van der Waals surface area contributed by atoms with Crippen molar-refractivity contribution in [1.82, 2.24) is 4.72 Å². The van der Waals surface area contributed by atoms with E-state index in [1.165, 1.54) is 0 Å². The number of hydrogen-bond acceptors (Lipinski definition) is 5. The smallest absolute Gasteiger partial charge is 0.403 e. The first-order chi connectivity index (χ1) is 13.5. The lowest BCUT2D eigenvalue weighted by molar-refractivity contribution is 0.00578. The van der Waals surface area contributed by atoms with Gasteiger partial charge in [-0.2, -0.15) is 13.1 Å². The van der Waals surface area contributed by atoms with Crippen LogP contribution in [0.25, 0.3) is 0 Å². The van der Waals surface area contributed by atoms with Crippen molar-refractivity contribution >= 4 is 17.4 Å². The Morgan fingerprint density at radius 3 is 2.07 bits per heavy atom. The number of para-hydroxylation sites is 1. The minimum Gasteiger partial charge on any atom is -0.403 e. The Hall–Kier alpha value is -1.87. The largest absolute Gasteiger partial charge is 0.463 e. The highest BCUT2D eigenvalue weighted by atomic mass is 32.2. The molecule has 0 amide bonds. The second-order valence-corrected chi connectivity index (χ2v) is 10.0. The molecule has 0 radical (unpaired) electrons. The van der Waals surface area contributed by atoms with Crippen molar-refractivity contribution in [3.63, 3.8) is 0 Å². The molecule has 0 aliphatic carbocycles. The molecular weight excluding hydrogens is 389 g/mol. The minimum atomic E-state index is -4.05. The van der Waals surface area contributed by atoms with Crippen molar-refractivity contribution < 1.29 is 21.9 Å². The third-order valence-electron chi connectivity index (χ3n) is 6.39. The van der Waals surface area contributed by atoms with Crippen LogP contribution in [0.2, 0.25) is 5.82 Å². The Morgan fingerprint density at radius 2 is 1.45 bits per heavy atom. The van der Waals surface area contributed by atoms with Gasteiger partial charge in [-0.15, -0.1) is 0 Å². The van der Waals surface area contributed by atoms with E-state index in [2.05, 4.69) is 4.72 Å². The predicted octanol–water partition coefficient (Wildman–Crippen LogP) is 3.64. The summed E-state index contributed by atoms with van der Waals surface area (Å²) >= 11 is 0. The summed E-state index contributed by atoms with van der Waals surface area (Å²) < 4.78 is 46.2. The zero-order valence-electron chi connectivity index (χ0n) is 17.3. The summed E-state index contributed by atoms with van der Waals surface area (Å²) in [6, 6.07) is 16.7. The predicted molar refractivity (Wildman–Crippen MR) is 112 cm³/mol. The third kappa shape index (κ3) is 3.19. The SMILES string of the molecule is C[C@@H](B1OC(C)(C)C(C)(C)O1)C1(c2ccccc2)NS(=O)(=O)Oc2ccccc21. The van der Waals surface area contributed by atoms with E-state index in [1.807, 2.05) is 77.1 Å². The summed E-state index contributed by atoms with van der Waals surface area (Å²) in [6.45, 7) is 9.88. The van der Waals surface area contributed by atoms with Gasteiger partial charge in [-0.3, -0.25) is 0 Å². The van der Waals surface area contributed by atoms with E-state index in [0.29, 0.717) is 5.75 Å². The first kappa shape index (κ1) is 20.4. The fourth-order valence-electron chi connectivity index (χ4n) is 4.07. The Morgan fingerprint density at radius 1 is 0.897 bits per heavy atom. The molecule has 1 N–H and O–H groups in total. The summed E-state index contributed by atoms with van der Waals surface area (Å²) in [5, 5.41) is 0. The van der Waals surface area contributed by atoms with Gasteiger partial charge in [0.2, 0.25) is 0 Å². The maximum absolute atomic E-state index is 12.8. The van der Waals surface area contributed by atoms with E-state index >= 15 is 0 Å². The topological polar surface area (TPSA) is 73.9 Å². The van der Waals surface area contributed by atoms with Gasteiger partial charge < -0.3 is 13.5 Å². The molecule has 2 atom stereocenters. The molecule has 1 saturated heterocycles. The maximum atomic E-state index is 12.8. The average molecular weight is 415 g/mol. The molecular formula is C21H26BNO5S. The number of fused-ring (bicyclic) bond motifs is 1. The summed E-state index contributed by atoms with van der Waals surface area (Å²) in [6.07, 6.45) is 0. The summed E-state index contributed by atoms with van der Waals surface area (Å²) in [7, 11) is -4.68. The number of rotatable bonds is 3. The fourth-order valence-corrected chi connectivity index (χ4v) is 5.30. The van der Waals surface area contributed by atoms with E-state index in [4.69, 9.17) is 13.5 Å². The molecule has 2 aromatic carbocycles. The van der Waals surface area contributed by atoms with Crippen molar-refractivity contribution in [3.8, 4) is 5.75 Å². The summed E-state index contributed by atoms with van der Waals surface area (Å²) in [5.41, 5.74) is -0.665. The monoisotopic (exact) mass is 415 g/mol. The maximum Gasteiger partial charge on any atom is 0.463 e. The normalized spacial score (nSPS) is 27.7. The molecule has 2 aliphatic heterocycles. The van der Waals surface area contributed by atoms with Crippen LogP contribution in [0.5, 0.6) is 5.75 Å². The van der Waals surface area contributed by atoms with Gasteiger partial charge in [-0.1, -0.05) is 55.5 Å². The first-order valence-electron chi connectivity index (χ1n) is 9.73. The highest BCUT2D eigenvalue weighted by Gasteiger charge is 2.60. The van der Waals surface area contributed by atoms with Crippen molar-refractivity contribution in [2.45, 2.75) is 57.2 Å². The summed E-state index contributed by atoms with van der Waals surface area (Å²) in [4.78, 5) is 0. The zero-order chi connectivity index (χ0) is 21.1. The van der Waals surface area contributed by atoms with Crippen LogP contribution in [-0.2, 0) is 25.2 Å². The van der Waals surface area contributed by atoms with E-state index < -0.39 is 40.0 Å². The van der Waals surface area contributed by atoms with Crippen LogP contribution in [0.3, 0.4) is 0 Å². The van der Waals surface area contributed by atoms with Crippen LogP contribution in [-0.4, -0.2) is 26.7 Å². The number of nitrogens with one attached hydrogen (secondary N) is 1. The van der Waals surface area contributed by atoms with Crippen LogP contribution in [0, 0.1) is 0 Å². The van der Waals surface area contributed by atoms with Crippen molar-refractivity contribution in [2.24, 2.45) is 0 Å². The lowest BCUT2D eigenvalue weighted by Gasteiger charge is -2.44. The molecule has 0 spiro atoms.